The zero-order valence-corrected chi connectivity index (χ0v) is 15.5. The van der Waals surface area contributed by atoms with Crippen molar-refractivity contribution in [3.05, 3.63) is 68.0 Å². The zero-order chi connectivity index (χ0) is 20.6. The van der Waals surface area contributed by atoms with Gasteiger partial charge in [-0.25, -0.2) is 18.6 Å². The van der Waals surface area contributed by atoms with Crippen LogP contribution in [0.15, 0.2) is 34.0 Å². The molecule has 1 N–H and O–H groups in total. The van der Waals surface area contributed by atoms with Crippen LogP contribution >= 0.6 is 0 Å². The number of hydrogen-bond acceptors (Lipinski definition) is 4. The van der Waals surface area contributed by atoms with Crippen molar-refractivity contribution in [2.75, 3.05) is 5.32 Å². The van der Waals surface area contributed by atoms with Crippen molar-refractivity contribution in [3.8, 4) is 0 Å². The summed E-state index contributed by atoms with van der Waals surface area (Å²) >= 11 is 0. The lowest BCUT2D eigenvalue weighted by Crippen LogP contribution is -2.38. The van der Waals surface area contributed by atoms with E-state index in [1.807, 2.05) is 6.92 Å². The van der Waals surface area contributed by atoms with Crippen LogP contribution in [-0.4, -0.2) is 20.0 Å². The summed E-state index contributed by atoms with van der Waals surface area (Å²) in [5, 5.41) is 2.61. The summed E-state index contributed by atoms with van der Waals surface area (Å²) in [6.45, 7) is 1.91. The van der Waals surface area contributed by atoms with Crippen LogP contribution in [0, 0.1) is 11.6 Å². The monoisotopic (exact) mass is 388 g/mol. The maximum absolute atomic E-state index is 14.0. The van der Waals surface area contributed by atoms with Gasteiger partial charge in [-0.05, 0) is 24.1 Å². The third-order valence-corrected chi connectivity index (χ3v) is 4.48. The normalized spacial score (nSPS) is 11.0. The predicted octanol–water partition coefficient (Wildman–Crippen LogP) is 2.12. The number of nitrogens with one attached hydrogen (secondary N) is 1. The van der Waals surface area contributed by atoms with Crippen LogP contribution < -0.4 is 16.6 Å². The van der Waals surface area contributed by atoms with Gasteiger partial charge in [0, 0.05) is 26.4 Å². The average Bonchev–Trinajstić information content (AvgIpc) is 2.65. The maximum Gasteiger partial charge on any atom is 0.332 e. The Hall–Kier alpha value is -3.36. The molecule has 3 rings (SSSR count). The minimum Gasteiger partial charge on any atom is -0.321 e. The molecule has 3 aromatic rings. The first kappa shape index (κ1) is 19.4. The molecule has 1 aromatic carbocycles. The van der Waals surface area contributed by atoms with Gasteiger partial charge in [-0.1, -0.05) is 13.3 Å². The summed E-state index contributed by atoms with van der Waals surface area (Å²) < 4.78 is 29.2. The van der Waals surface area contributed by atoms with Crippen LogP contribution in [-0.2, 0) is 20.5 Å². The quantitative estimate of drug-likeness (QED) is 0.742. The zero-order valence-electron chi connectivity index (χ0n) is 15.5. The lowest BCUT2D eigenvalue weighted by atomic mass is 10.1. The molecule has 2 aromatic heterocycles. The number of hydrogen-bond donors (Lipinski definition) is 1. The highest BCUT2D eigenvalue weighted by atomic mass is 19.1. The van der Waals surface area contributed by atoms with Crippen molar-refractivity contribution < 1.29 is 13.6 Å². The molecule has 0 saturated heterocycles. The fourth-order valence-corrected chi connectivity index (χ4v) is 3.02. The maximum atomic E-state index is 14.0. The number of pyridine rings is 1. The Kier molecular flexibility index (Phi) is 5.08. The molecule has 2 heterocycles. The van der Waals surface area contributed by atoms with E-state index in [-0.39, 0.29) is 22.3 Å². The van der Waals surface area contributed by atoms with Gasteiger partial charge in [0.15, 0.2) is 5.65 Å². The number of nitrogens with zero attached hydrogens (tertiary/aromatic N) is 3. The number of halogens is 2. The molecule has 0 aliphatic heterocycles. The van der Waals surface area contributed by atoms with Crippen molar-refractivity contribution in [2.45, 2.75) is 19.8 Å². The van der Waals surface area contributed by atoms with Crippen molar-refractivity contribution >= 4 is 22.6 Å². The Morgan fingerprint density at radius 3 is 2.54 bits per heavy atom. The smallest absolute Gasteiger partial charge is 0.321 e. The van der Waals surface area contributed by atoms with E-state index in [0.29, 0.717) is 24.5 Å². The minimum atomic E-state index is -1.02. The largest absolute Gasteiger partial charge is 0.332 e. The summed E-state index contributed by atoms with van der Waals surface area (Å²) in [4.78, 5) is 41.7. The molecule has 9 heteroatoms. The van der Waals surface area contributed by atoms with Gasteiger partial charge in [0.1, 0.15) is 17.0 Å². The highest BCUT2D eigenvalue weighted by Crippen LogP contribution is 2.25. The lowest BCUT2D eigenvalue weighted by Gasteiger charge is -2.15. The fraction of sp³-hybridized carbons (Fsp3) is 0.263. The van der Waals surface area contributed by atoms with Gasteiger partial charge in [0.2, 0.25) is 0 Å². The fourth-order valence-electron chi connectivity index (χ4n) is 3.02. The number of aryl methyl sites for hydroxylation is 2. The first-order valence-corrected chi connectivity index (χ1v) is 8.60. The summed E-state index contributed by atoms with van der Waals surface area (Å²) in [6.07, 6.45) is 2.67. The Bertz CT molecular complexity index is 1210. The molecule has 0 fully saturated rings. The van der Waals surface area contributed by atoms with E-state index in [1.54, 1.807) is 0 Å². The number of aromatic nitrogens is 3. The van der Waals surface area contributed by atoms with Crippen molar-refractivity contribution in [3.63, 3.8) is 0 Å². The standard InChI is InChI=1S/C19H18F2N4O3/c1-4-5-10-9-22-16-14(18(27)25(3)19(28)24(16)2)15(10)23-17(26)12-7-6-11(20)8-13(12)21/h6-9H,4-5H2,1-3H3,(H,22,23,26). The minimum absolute atomic E-state index is 0.0476. The van der Waals surface area contributed by atoms with Crippen molar-refractivity contribution in [2.24, 2.45) is 14.1 Å². The molecule has 7 nitrogen and oxygen atoms in total. The highest BCUT2D eigenvalue weighted by Gasteiger charge is 2.20. The van der Waals surface area contributed by atoms with E-state index < -0.39 is 28.8 Å². The average molecular weight is 388 g/mol. The van der Waals surface area contributed by atoms with Crippen LogP contribution in [0.3, 0.4) is 0 Å². The van der Waals surface area contributed by atoms with Crippen LogP contribution in [0.4, 0.5) is 14.5 Å². The molecule has 0 atom stereocenters. The Labute approximate surface area is 158 Å². The van der Waals surface area contributed by atoms with Crippen LogP contribution in [0.5, 0.6) is 0 Å². The number of rotatable bonds is 4. The number of carbonyl (C=O) groups is 1. The second-order valence-corrected chi connectivity index (χ2v) is 6.39. The van der Waals surface area contributed by atoms with Gasteiger partial charge in [0.25, 0.3) is 11.5 Å². The molecule has 1 amide bonds. The van der Waals surface area contributed by atoms with E-state index in [4.69, 9.17) is 0 Å². The third-order valence-electron chi connectivity index (χ3n) is 4.48. The predicted molar refractivity (Wildman–Crippen MR) is 101 cm³/mol. The molecule has 0 saturated carbocycles. The summed E-state index contributed by atoms with van der Waals surface area (Å²) in [5.41, 5.74) is -0.717. The van der Waals surface area contributed by atoms with Crippen LogP contribution in [0.2, 0.25) is 0 Å². The molecule has 0 unspecified atom stereocenters. The van der Waals surface area contributed by atoms with Gasteiger partial charge in [-0.15, -0.1) is 0 Å². The molecule has 0 radical (unpaired) electrons. The van der Waals surface area contributed by atoms with Crippen molar-refractivity contribution in [1.29, 1.82) is 0 Å². The topological polar surface area (TPSA) is 86.0 Å². The summed E-state index contributed by atoms with van der Waals surface area (Å²) in [5.74, 6) is -2.66. The Morgan fingerprint density at radius 1 is 1.18 bits per heavy atom. The van der Waals surface area contributed by atoms with Gasteiger partial charge in [-0.2, -0.15) is 0 Å². The molecule has 0 aliphatic carbocycles. The van der Waals surface area contributed by atoms with E-state index in [2.05, 4.69) is 10.3 Å². The molecule has 0 aliphatic rings. The van der Waals surface area contributed by atoms with Crippen LogP contribution in [0.25, 0.3) is 11.0 Å². The number of anilines is 1. The molecule has 0 bridgehead atoms. The van der Waals surface area contributed by atoms with Crippen LogP contribution in [0.1, 0.15) is 29.3 Å². The SMILES string of the molecule is CCCc1cnc2c(c1NC(=O)c1ccc(F)cc1F)c(=O)n(C)c(=O)n2C. The van der Waals surface area contributed by atoms with Crippen molar-refractivity contribution in [1.82, 2.24) is 14.1 Å². The molecular formula is C19H18F2N4O3. The lowest BCUT2D eigenvalue weighted by molar-refractivity contribution is 0.102. The second-order valence-electron chi connectivity index (χ2n) is 6.39. The summed E-state index contributed by atoms with van der Waals surface area (Å²) in [6, 6.07) is 2.60. The first-order valence-electron chi connectivity index (χ1n) is 8.60. The van der Waals surface area contributed by atoms with E-state index in [9.17, 15) is 23.2 Å². The van der Waals surface area contributed by atoms with E-state index >= 15 is 0 Å². The van der Waals surface area contributed by atoms with E-state index in [0.717, 1.165) is 16.7 Å². The molecular weight excluding hydrogens is 370 g/mol. The highest BCUT2D eigenvalue weighted by molar-refractivity contribution is 6.09. The number of fused-ring (bicyclic) bond motifs is 1. The van der Waals surface area contributed by atoms with E-state index in [1.165, 1.54) is 24.9 Å². The number of carbonyl (C=O) groups excluding carboxylic acids is 1. The van der Waals surface area contributed by atoms with Gasteiger partial charge in [-0.3, -0.25) is 18.7 Å². The Morgan fingerprint density at radius 2 is 1.89 bits per heavy atom. The molecule has 0 spiro atoms. The van der Waals surface area contributed by atoms with Gasteiger partial charge < -0.3 is 5.32 Å². The number of benzene rings is 1. The molecule has 146 valence electrons. The summed E-state index contributed by atoms with van der Waals surface area (Å²) in [7, 11) is 2.78. The second kappa shape index (κ2) is 7.34. The Balaban J connectivity index is 2.25. The number of amides is 1. The molecule has 28 heavy (non-hydrogen) atoms. The van der Waals surface area contributed by atoms with Gasteiger partial charge >= 0.3 is 5.69 Å². The third kappa shape index (κ3) is 3.19. The van der Waals surface area contributed by atoms with Gasteiger partial charge in [0.05, 0.1) is 11.3 Å². The first-order chi connectivity index (χ1) is 13.3.